The van der Waals surface area contributed by atoms with Crippen molar-refractivity contribution in [3.63, 3.8) is 0 Å². The summed E-state index contributed by atoms with van der Waals surface area (Å²) in [5.74, 6) is -0.366. The van der Waals surface area contributed by atoms with E-state index in [4.69, 9.17) is 11.6 Å². The van der Waals surface area contributed by atoms with Crippen molar-refractivity contribution in [2.24, 2.45) is 0 Å². The average Bonchev–Trinajstić information content (AvgIpc) is 2.16. The molecule has 2 nitrogen and oxygen atoms in total. The van der Waals surface area contributed by atoms with Crippen LogP contribution in [0.5, 0.6) is 0 Å². The van der Waals surface area contributed by atoms with Crippen LogP contribution < -0.4 is 0 Å². The first kappa shape index (κ1) is 11.7. The van der Waals surface area contributed by atoms with E-state index in [-0.39, 0.29) is 5.97 Å². The number of methoxy groups -OCH3 is 1. The van der Waals surface area contributed by atoms with E-state index in [0.717, 1.165) is 0 Å². The molecule has 0 aromatic rings. The normalized spacial score (nSPS) is 12.5. The van der Waals surface area contributed by atoms with Crippen LogP contribution in [0.15, 0.2) is 48.1 Å². The predicted octanol–water partition coefficient (Wildman–Crippen LogP) is 2.58. The summed E-state index contributed by atoms with van der Waals surface area (Å²) in [6.45, 7) is 0. The average molecular weight is 199 g/mol. The van der Waals surface area contributed by atoms with Crippen LogP contribution in [0.4, 0.5) is 0 Å². The van der Waals surface area contributed by atoms with Crippen molar-refractivity contribution in [3.05, 3.63) is 48.1 Å². The molecule has 0 saturated heterocycles. The Labute approximate surface area is 82.8 Å². The third-order valence-corrected chi connectivity index (χ3v) is 1.21. The van der Waals surface area contributed by atoms with Gasteiger partial charge in [-0.3, -0.25) is 0 Å². The maximum Gasteiger partial charge on any atom is 0.330 e. The van der Waals surface area contributed by atoms with E-state index in [2.05, 4.69) is 4.74 Å². The van der Waals surface area contributed by atoms with Crippen molar-refractivity contribution < 1.29 is 9.53 Å². The molecule has 0 heterocycles. The smallest absolute Gasteiger partial charge is 0.330 e. The maximum atomic E-state index is 10.6. The quantitative estimate of drug-likeness (QED) is 0.394. The van der Waals surface area contributed by atoms with E-state index in [9.17, 15) is 4.79 Å². The van der Waals surface area contributed by atoms with Crippen molar-refractivity contribution in [3.8, 4) is 0 Å². The van der Waals surface area contributed by atoms with Gasteiger partial charge in [-0.25, -0.2) is 4.79 Å². The number of hydrogen-bond acceptors (Lipinski definition) is 2. The summed E-state index contributed by atoms with van der Waals surface area (Å²) in [5.41, 5.74) is 1.41. The van der Waals surface area contributed by atoms with E-state index in [1.54, 1.807) is 36.5 Å². The first-order valence-electron chi connectivity index (χ1n) is 3.66. The summed E-state index contributed by atoms with van der Waals surface area (Å²) in [7, 11) is 1.33. The van der Waals surface area contributed by atoms with E-state index >= 15 is 0 Å². The van der Waals surface area contributed by atoms with Gasteiger partial charge in [-0.15, -0.1) is 0 Å². The molecular formula is C10H11ClO2. The molecule has 0 bridgehead atoms. The van der Waals surface area contributed by atoms with Gasteiger partial charge in [0.2, 0.25) is 0 Å². The van der Waals surface area contributed by atoms with E-state index in [1.807, 2.05) is 0 Å². The number of carbonyl (C=O) groups is 1. The van der Waals surface area contributed by atoms with Crippen LogP contribution in [0, 0.1) is 0 Å². The van der Waals surface area contributed by atoms with Crippen molar-refractivity contribution >= 4 is 17.6 Å². The molecule has 0 saturated carbocycles. The highest BCUT2D eigenvalue weighted by Gasteiger charge is 1.85. The standard InChI is InChI=1S/C10H11ClO2/c1-13-10(12)8-6-4-2-3-5-7-9-11/h2-9H,1H3/b4-2+,5-3+,8-6+,9-7+. The minimum absolute atomic E-state index is 0.366. The second-order valence-electron chi connectivity index (χ2n) is 1.97. The molecule has 0 unspecified atom stereocenters. The minimum atomic E-state index is -0.366. The molecule has 0 N–H and O–H groups in total. The largest absolute Gasteiger partial charge is 0.466 e. The second-order valence-corrected chi connectivity index (χ2v) is 2.22. The van der Waals surface area contributed by atoms with Gasteiger partial charge in [-0.1, -0.05) is 48.1 Å². The zero-order valence-electron chi connectivity index (χ0n) is 7.31. The highest BCUT2D eigenvalue weighted by molar-refractivity contribution is 6.25. The van der Waals surface area contributed by atoms with Gasteiger partial charge >= 0.3 is 5.97 Å². The molecule has 13 heavy (non-hydrogen) atoms. The Kier molecular flexibility index (Phi) is 7.95. The number of hydrogen-bond donors (Lipinski definition) is 0. The van der Waals surface area contributed by atoms with Gasteiger partial charge in [-0.2, -0.15) is 0 Å². The Morgan fingerprint density at radius 3 is 2.15 bits per heavy atom. The minimum Gasteiger partial charge on any atom is -0.466 e. The van der Waals surface area contributed by atoms with Crippen molar-refractivity contribution in [1.82, 2.24) is 0 Å². The molecule has 3 heteroatoms. The third kappa shape index (κ3) is 8.63. The van der Waals surface area contributed by atoms with Gasteiger partial charge in [0.1, 0.15) is 0 Å². The summed E-state index contributed by atoms with van der Waals surface area (Å²) in [6, 6.07) is 0. The summed E-state index contributed by atoms with van der Waals surface area (Å²) >= 11 is 5.27. The Morgan fingerprint density at radius 2 is 1.62 bits per heavy atom. The fraction of sp³-hybridized carbons (Fsp3) is 0.100. The lowest BCUT2D eigenvalue weighted by Gasteiger charge is -1.85. The van der Waals surface area contributed by atoms with Crippen LogP contribution in [-0.4, -0.2) is 13.1 Å². The van der Waals surface area contributed by atoms with Crippen molar-refractivity contribution in [1.29, 1.82) is 0 Å². The van der Waals surface area contributed by atoms with Crippen LogP contribution in [-0.2, 0) is 9.53 Å². The Morgan fingerprint density at radius 1 is 1.08 bits per heavy atom. The fourth-order valence-corrected chi connectivity index (χ4v) is 0.585. The van der Waals surface area contributed by atoms with E-state index < -0.39 is 0 Å². The monoisotopic (exact) mass is 198 g/mol. The first-order chi connectivity index (χ1) is 6.31. The lowest BCUT2D eigenvalue weighted by Crippen LogP contribution is -1.92. The molecule has 0 aliphatic rings. The zero-order chi connectivity index (χ0) is 9.94. The number of carbonyl (C=O) groups excluding carboxylic acids is 1. The van der Waals surface area contributed by atoms with Crippen LogP contribution >= 0.6 is 11.6 Å². The van der Waals surface area contributed by atoms with Gasteiger partial charge in [0.25, 0.3) is 0 Å². The van der Waals surface area contributed by atoms with Gasteiger partial charge in [-0.05, 0) is 0 Å². The Bertz CT molecular complexity index is 250. The molecule has 0 aromatic carbocycles. The first-order valence-corrected chi connectivity index (χ1v) is 4.09. The van der Waals surface area contributed by atoms with Crippen LogP contribution in [0.1, 0.15) is 0 Å². The summed E-state index contributed by atoms with van der Waals surface area (Å²) < 4.78 is 4.39. The topological polar surface area (TPSA) is 26.3 Å². The molecule has 0 amide bonds. The SMILES string of the molecule is COC(=O)/C=C/C=C/C=C/C=C/Cl. The Hall–Kier alpha value is -1.28. The van der Waals surface area contributed by atoms with Crippen LogP contribution in [0.2, 0.25) is 0 Å². The molecule has 0 rings (SSSR count). The van der Waals surface area contributed by atoms with Gasteiger partial charge < -0.3 is 4.74 Å². The molecule has 0 radical (unpaired) electrons. The molecule has 0 aromatic heterocycles. The summed E-state index contributed by atoms with van der Waals surface area (Å²) in [5, 5.41) is 0. The summed E-state index contributed by atoms with van der Waals surface area (Å²) in [6.07, 6.45) is 11.7. The van der Waals surface area contributed by atoms with Gasteiger partial charge in [0.05, 0.1) is 7.11 Å². The molecular weight excluding hydrogens is 188 g/mol. The van der Waals surface area contributed by atoms with Crippen molar-refractivity contribution in [2.45, 2.75) is 0 Å². The molecule has 0 aliphatic heterocycles. The third-order valence-electron chi connectivity index (χ3n) is 1.06. The van der Waals surface area contributed by atoms with Crippen LogP contribution in [0.3, 0.4) is 0 Å². The molecule has 0 fully saturated rings. The molecule has 70 valence electrons. The highest BCUT2D eigenvalue weighted by atomic mass is 35.5. The number of halogens is 1. The fourth-order valence-electron chi connectivity index (χ4n) is 0.501. The number of allylic oxidation sites excluding steroid dienone is 6. The molecule has 0 atom stereocenters. The van der Waals surface area contributed by atoms with Gasteiger partial charge in [0.15, 0.2) is 0 Å². The number of rotatable bonds is 4. The van der Waals surface area contributed by atoms with Crippen molar-refractivity contribution in [2.75, 3.05) is 7.11 Å². The summed E-state index contributed by atoms with van der Waals surface area (Å²) in [4.78, 5) is 10.6. The highest BCUT2D eigenvalue weighted by Crippen LogP contribution is 1.84. The zero-order valence-corrected chi connectivity index (χ0v) is 8.07. The second kappa shape index (κ2) is 8.81. The number of esters is 1. The lowest BCUT2D eigenvalue weighted by molar-refractivity contribution is -0.134. The van der Waals surface area contributed by atoms with E-state index in [1.165, 1.54) is 18.7 Å². The Balaban J connectivity index is 3.75. The lowest BCUT2D eigenvalue weighted by atomic mass is 10.4. The van der Waals surface area contributed by atoms with Crippen LogP contribution in [0.25, 0.3) is 0 Å². The molecule has 0 spiro atoms. The predicted molar refractivity (Wildman–Crippen MR) is 54.4 cm³/mol. The van der Waals surface area contributed by atoms with Gasteiger partial charge in [0, 0.05) is 11.6 Å². The molecule has 0 aliphatic carbocycles. The van der Waals surface area contributed by atoms with E-state index in [0.29, 0.717) is 0 Å². The number of ether oxygens (including phenoxy) is 1. The maximum absolute atomic E-state index is 10.6.